The first kappa shape index (κ1) is 19.2. The Labute approximate surface area is 161 Å². The number of hydrogen-bond donors (Lipinski definition) is 2. The Bertz CT molecular complexity index is 863. The summed E-state index contributed by atoms with van der Waals surface area (Å²) in [6.45, 7) is 1.50. The maximum atomic E-state index is 12.0. The lowest BCUT2D eigenvalue weighted by Crippen LogP contribution is -2.48. The van der Waals surface area contributed by atoms with Crippen molar-refractivity contribution in [3.05, 3.63) is 35.0 Å². The molecule has 1 aromatic heterocycles. The predicted octanol–water partition coefficient (Wildman–Crippen LogP) is 3.65. The highest BCUT2D eigenvalue weighted by Gasteiger charge is 2.23. The highest BCUT2D eigenvalue weighted by molar-refractivity contribution is 6.31. The fourth-order valence-electron chi connectivity index (χ4n) is 3.21. The average molecular weight is 393 g/mol. The fraction of sp³-hybridized carbons (Fsp3) is 0.421. The number of rotatable bonds is 4. The molecule has 2 aromatic rings. The summed E-state index contributed by atoms with van der Waals surface area (Å²) in [7, 11) is 0. The smallest absolute Gasteiger partial charge is 0.374 e. The van der Waals surface area contributed by atoms with Gasteiger partial charge < -0.3 is 14.5 Å². The number of benzene rings is 1. The van der Waals surface area contributed by atoms with E-state index in [0.29, 0.717) is 21.9 Å². The maximum absolute atomic E-state index is 12.0. The molecule has 0 spiro atoms. The molecule has 0 unspecified atom stereocenters. The van der Waals surface area contributed by atoms with Crippen molar-refractivity contribution in [2.24, 2.45) is 5.92 Å². The number of carbonyl (C=O) groups is 3. The van der Waals surface area contributed by atoms with Crippen LogP contribution in [0.3, 0.4) is 0 Å². The Morgan fingerprint density at radius 1 is 1.22 bits per heavy atom. The standard InChI is InChI=1S/C19H21ClN2O5/c1-11-4-2-3-5-14(11)21-19(25)22-17(23)10-26-18(24)16-9-12-8-13(20)6-7-15(12)27-16/h6-9,11,14H,2-5,10H2,1H3,(H2,21,22,23,25)/t11-,14+/m1/s1. The molecule has 2 N–H and O–H groups in total. The van der Waals surface area contributed by atoms with Gasteiger partial charge in [0.1, 0.15) is 5.58 Å². The molecule has 1 fully saturated rings. The lowest BCUT2D eigenvalue weighted by atomic mass is 9.86. The van der Waals surface area contributed by atoms with Crippen molar-refractivity contribution in [2.45, 2.75) is 38.6 Å². The molecule has 8 heteroatoms. The van der Waals surface area contributed by atoms with E-state index in [0.717, 1.165) is 25.7 Å². The van der Waals surface area contributed by atoms with Crippen LogP contribution in [0.5, 0.6) is 0 Å². The van der Waals surface area contributed by atoms with Crippen molar-refractivity contribution in [3.8, 4) is 0 Å². The van der Waals surface area contributed by atoms with Crippen LogP contribution >= 0.6 is 11.6 Å². The highest BCUT2D eigenvalue weighted by atomic mass is 35.5. The van der Waals surface area contributed by atoms with E-state index in [2.05, 4.69) is 17.6 Å². The first-order valence-electron chi connectivity index (χ1n) is 8.89. The van der Waals surface area contributed by atoms with Gasteiger partial charge in [0, 0.05) is 16.5 Å². The van der Waals surface area contributed by atoms with Gasteiger partial charge in [-0.05, 0) is 43.0 Å². The van der Waals surface area contributed by atoms with Gasteiger partial charge in [0.05, 0.1) is 0 Å². The first-order chi connectivity index (χ1) is 12.9. The molecule has 0 bridgehead atoms. The Morgan fingerprint density at radius 2 is 2.00 bits per heavy atom. The van der Waals surface area contributed by atoms with E-state index in [1.807, 2.05) is 0 Å². The number of nitrogens with one attached hydrogen (secondary N) is 2. The molecular weight excluding hydrogens is 372 g/mol. The van der Waals surface area contributed by atoms with Crippen molar-refractivity contribution in [1.82, 2.24) is 10.6 Å². The van der Waals surface area contributed by atoms with E-state index >= 15 is 0 Å². The van der Waals surface area contributed by atoms with Crippen LogP contribution in [0.1, 0.15) is 43.2 Å². The minimum Gasteiger partial charge on any atom is -0.450 e. The van der Waals surface area contributed by atoms with Gasteiger partial charge in [-0.1, -0.05) is 31.4 Å². The van der Waals surface area contributed by atoms with Gasteiger partial charge in [-0.2, -0.15) is 0 Å². The molecule has 1 aliphatic rings. The minimum atomic E-state index is -0.793. The monoisotopic (exact) mass is 392 g/mol. The van der Waals surface area contributed by atoms with E-state index in [1.54, 1.807) is 18.2 Å². The molecule has 27 heavy (non-hydrogen) atoms. The van der Waals surface area contributed by atoms with Gasteiger partial charge in [-0.3, -0.25) is 10.1 Å². The zero-order valence-corrected chi connectivity index (χ0v) is 15.7. The molecule has 0 radical (unpaired) electrons. The number of hydrogen-bond acceptors (Lipinski definition) is 5. The minimum absolute atomic E-state index is 0.0412. The summed E-state index contributed by atoms with van der Waals surface area (Å²) in [5, 5.41) is 6.14. The lowest BCUT2D eigenvalue weighted by molar-refractivity contribution is -0.123. The number of halogens is 1. The van der Waals surface area contributed by atoms with Crippen LogP contribution in [0, 0.1) is 5.92 Å². The van der Waals surface area contributed by atoms with Crippen LogP contribution in [0.25, 0.3) is 11.0 Å². The number of fused-ring (bicyclic) bond motifs is 1. The van der Waals surface area contributed by atoms with Gasteiger partial charge in [0.25, 0.3) is 5.91 Å². The van der Waals surface area contributed by atoms with Crippen molar-refractivity contribution >= 4 is 40.5 Å². The molecule has 7 nitrogen and oxygen atoms in total. The number of furan rings is 1. The molecule has 0 saturated heterocycles. The summed E-state index contributed by atoms with van der Waals surface area (Å²) < 4.78 is 10.3. The number of urea groups is 1. The quantitative estimate of drug-likeness (QED) is 0.774. The average Bonchev–Trinajstić information content (AvgIpc) is 3.04. The molecule has 1 aromatic carbocycles. The number of esters is 1. The summed E-state index contributed by atoms with van der Waals surface area (Å²) >= 11 is 5.89. The Balaban J connectivity index is 1.47. The first-order valence-corrected chi connectivity index (χ1v) is 9.27. The van der Waals surface area contributed by atoms with E-state index in [-0.39, 0.29) is 11.8 Å². The lowest BCUT2D eigenvalue weighted by Gasteiger charge is -2.29. The summed E-state index contributed by atoms with van der Waals surface area (Å²) in [5.41, 5.74) is 0.483. The van der Waals surface area contributed by atoms with Crippen molar-refractivity contribution in [1.29, 1.82) is 0 Å². The fourth-order valence-corrected chi connectivity index (χ4v) is 3.40. The van der Waals surface area contributed by atoms with Crippen LogP contribution in [0.15, 0.2) is 28.7 Å². The van der Waals surface area contributed by atoms with Gasteiger partial charge in [-0.25, -0.2) is 9.59 Å². The molecular formula is C19H21ClN2O5. The van der Waals surface area contributed by atoms with Crippen LogP contribution in [-0.4, -0.2) is 30.6 Å². The summed E-state index contributed by atoms with van der Waals surface area (Å²) in [6, 6.07) is 5.89. The van der Waals surface area contributed by atoms with Crippen molar-refractivity contribution in [2.75, 3.05) is 6.61 Å². The Kier molecular flexibility index (Phi) is 6.01. The van der Waals surface area contributed by atoms with Crippen molar-refractivity contribution < 1.29 is 23.5 Å². The van der Waals surface area contributed by atoms with E-state index in [4.69, 9.17) is 20.8 Å². The van der Waals surface area contributed by atoms with Crippen LogP contribution < -0.4 is 10.6 Å². The van der Waals surface area contributed by atoms with Gasteiger partial charge in [-0.15, -0.1) is 0 Å². The molecule has 1 heterocycles. The number of amides is 3. The third kappa shape index (κ3) is 5.01. The van der Waals surface area contributed by atoms with Crippen LogP contribution in [0.4, 0.5) is 4.79 Å². The van der Waals surface area contributed by atoms with E-state index in [9.17, 15) is 14.4 Å². The maximum Gasteiger partial charge on any atom is 0.374 e. The molecule has 2 atom stereocenters. The third-order valence-electron chi connectivity index (χ3n) is 4.69. The number of ether oxygens (including phenoxy) is 1. The van der Waals surface area contributed by atoms with Crippen LogP contribution in [0.2, 0.25) is 5.02 Å². The second-order valence-corrected chi connectivity index (χ2v) is 7.20. The van der Waals surface area contributed by atoms with Crippen molar-refractivity contribution in [3.63, 3.8) is 0 Å². The van der Waals surface area contributed by atoms with Gasteiger partial charge in [0.15, 0.2) is 6.61 Å². The predicted molar refractivity (Wildman–Crippen MR) is 99.6 cm³/mol. The summed E-state index contributed by atoms with van der Waals surface area (Å²) in [5.74, 6) is -1.16. The Morgan fingerprint density at radius 3 is 2.78 bits per heavy atom. The third-order valence-corrected chi connectivity index (χ3v) is 4.93. The summed E-state index contributed by atoms with van der Waals surface area (Å²) in [6.07, 6.45) is 4.17. The zero-order chi connectivity index (χ0) is 19.4. The van der Waals surface area contributed by atoms with Gasteiger partial charge >= 0.3 is 12.0 Å². The second kappa shape index (κ2) is 8.43. The summed E-state index contributed by atoms with van der Waals surface area (Å²) in [4.78, 5) is 35.8. The van der Waals surface area contributed by atoms with E-state index in [1.165, 1.54) is 6.07 Å². The normalized spacial score (nSPS) is 19.5. The molecule has 3 amide bonds. The second-order valence-electron chi connectivity index (χ2n) is 6.76. The van der Waals surface area contributed by atoms with E-state index < -0.39 is 24.5 Å². The molecule has 1 saturated carbocycles. The molecule has 3 rings (SSSR count). The van der Waals surface area contributed by atoms with Crippen LogP contribution in [-0.2, 0) is 9.53 Å². The SMILES string of the molecule is C[C@@H]1CCCC[C@@H]1NC(=O)NC(=O)COC(=O)c1cc2cc(Cl)ccc2o1. The number of imide groups is 1. The topological polar surface area (TPSA) is 97.6 Å². The molecule has 144 valence electrons. The Hall–Kier alpha value is -2.54. The largest absolute Gasteiger partial charge is 0.450 e. The zero-order valence-electron chi connectivity index (χ0n) is 14.9. The molecule has 0 aliphatic heterocycles. The number of carbonyl (C=O) groups excluding carboxylic acids is 3. The highest BCUT2D eigenvalue weighted by Crippen LogP contribution is 2.24. The van der Waals surface area contributed by atoms with Gasteiger partial charge in [0.2, 0.25) is 5.76 Å². The molecule has 1 aliphatic carbocycles.